The molecule has 0 amide bonds. The zero-order chi connectivity index (χ0) is 11.7. The molecule has 0 aliphatic heterocycles. The Morgan fingerprint density at radius 3 is 2.62 bits per heavy atom. The first-order chi connectivity index (χ1) is 7.61. The minimum absolute atomic E-state index is 0.301. The quantitative estimate of drug-likeness (QED) is 0.916. The van der Waals surface area contributed by atoms with Gasteiger partial charge in [0.1, 0.15) is 5.82 Å². The summed E-state index contributed by atoms with van der Waals surface area (Å²) in [7, 11) is 0. The van der Waals surface area contributed by atoms with Crippen molar-refractivity contribution >= 4 is 21.7 Å². The van der Waals surface area contributed by atoms with Gasteiger partial charge in [0.15, 0.2) is 5.82 Å². The number of nitrogens with two attached hydrogens (primary N) is 1. The Balaban J connectivity index is 2.55. The fourth-order valence-electron chi connectivity index (χ4n) is 1.37. The van der Waals surface area contributed by atoms with Gasteiger partial charge >= 0.3 is 0 Å². The van der Waals surface area contributed by atoms with Gasteiger partial charge in [0.25, 0.3) is 0 Å². The summed E-state index contributed by atoms with van der Waals surface area (Å²) in [5, 5.41) is 4.42. The van der Waals surface area contributed by atoms with E-state index in [1.54, 1.807) is 23.3 Å². The van der Waals surface area contributed by atoms with Crippen LogP contribution in [0.5, 0.6) is 0 Å². The number of rotatable bonds is 2. The number of halogens is 1. The van der Waals surface area contributed by atoms with Crippen LogP contribution >= 0.6 is 15.9 Å². The topological polar surface area (TPSA) is 69.6 Å². The fourth-order valence-corrected chi connectivity index (χ4v) is 2.08. The Bertz CT molecular complexity index is 491. The van der Waals surface area contributed by atoms with Crippen LogP contribution in [0.15, 0.2) is 23.1 Å². The Labute approximate surface area is 102 Å². The van der Waals surface area contributed by atoms with Crippen molar-refractivity contribution in [3.8, 4) is 5.82 Å². The van der Waals surface area contributed by atoms with Gasteiger partial charge in [-0.1, -0.05) is 13.8 Å². The van der Waals surface area contributed by atoms with Gasteiger partial charge in [0.2, 0.25) is 0 Å². The van der Waals surface area contributed by atoms with Gasteiger partial charge in [-0.15, -0.1) is 0 Å². The molecule has 0 fully saturated rings. The Morgan fingerprint density at radius 1 is 1.38 bits per heavy atom. The van der Waals surface area contributed by atoms with Crippen LogP contribution in [0.4, 0.5) is 5.82 Å². The van der Waals surface area contributed by atoms with Gasteiger partial charge in [0, 0.05) is 12.4 Å². The zero-order valence-corrected chi connectivity index (χ0v) is 10.6. The Hall–Kier alpha value is -1.43. The van der Waals surface area contributed by atoms with Gasteiger partial charge in [-0.3, -0.25) is 4.98 Å². The second kappa shape index (κ2) is 4.21. The van der Waals surface area contributed by atoms with E-state index in [1.807, 2.05) is 0 Å². The third-order valence-electron chi connectivity index (χ3n) is 2.20. The molecule has 0 radical (unpaired) electrons. The molecule has 6 heteroatoms. The van der Waals surface area contributed by atoms with Crippen LogP contribution in [0, 0.1) is 0 Å². The number of nitrogen functional groups attached to an aromatic ring is 1. The van der Waals surface area contributed by atoms with Gasteiger partial charge in [-0.05, 0) is 21.8 Å². The summed E-state index contributed by atoms with van der Waals surface area (Å²) in [6.07, 6.45) is 4.85. The summed E-state index contributed by atoms with van der Waals surface area (Å²) >= 11 is 3.44. The first-order valence-corrected chi connectivity index (χ1v) is 5.71. The second-order valence-corrected chi connectivity index (χ2v) is 4.51. The van der Waals surface area contributed by atoms with E-state index >= 15 is 0 Å². The van der Waals surface area contributed by atoms with Crippen LogP contribution in [-0.2, 0) is 0 Å². The highest BCUT2D eigenvalue weighted by Gasteiger charge is 2.17. The Morgan fingerprint density at radius 2 is 2.12 bits per heavy atom. The van der Waals surface area contributed by atoms with Crippen molar-refractivity contribution in [1.29, 1.82) is 0 Å². The normalized spacial score (nSPS) is 11.0. The van der Waals surface area contributed by atoms with Crippen molar-refractivity contribution in [1.82, 2.24) is 19.7 Å². The highest BCUT2D eigenvalue weighted by Crippen LogP contribution is 2.30. The van der Waals surface area contributed by atoms with E-state index in [1.165, 1.54) is 0 Å². The maximum Gasteiger partial charge on any atom is 0.174 e. The van der Waals surface area contributed by atoms with E-state index in [0.29, 0.717) is 17.6 Å². The molecule has 2 heterocycles. The van der Waals surface area contributed by atoms with Crippen LogP contribution in [0.25, 0.3) is 5.82 Å². The van der Waals surface area contributed by atoms with E-state index in [4.69, 9.17) is 5.73 Å². The lowest BCUT2D eigenvalue weighted by Gasteiger charge is -2.00. The first-order valence-electron chi connectivity index (χ1n) is 4.91. The molecule has 0 aliphatic rings. The largest absolute Gasteiger partial charge is 0.383 e. The Kier molecular flexibility index (Phi) is 2.91. The maximum atomic E-state index is 5.96. The van der Waals surface area contributed by atoms with E-state index in [0.717, 1.165) is 10.2 Å². The number of aromatic nitrogens is 4. The maximum absolute atomic E-state index is 5.96. The molecule has 84 valence electrons. The van der Waals surface area contributed by atoms with E-state index in [2.05, 4.69) is 44.8 Å². The molecule has 0 spiro atoms. The van der Waals surface area contributed by atoms with Crippen LogP contribution in [0.1, 0.15) is 25.5 Å². The molecule has 0 bridgehead atoms. The minimum atomic E-state index is 0.301. The molecule has 16 heavy (non-hydrogen) atoms. The number of hydrogen-bond acceptors (Lipinski definition) is 4. The molecule has 0 saturated heterocycles. The highest BCUT2D eigenvalue weighted by atomic mass is 79.9. The molecule has 2 aromatic heterocycles. The average Bonchev–Trinajstić information content (AvgIpc) is 2.58. The third kappa shape index (κ3) is 1.80. The SMILES string of the molecule is CC(C)c1nn(-c2cnccn2)c(N)c1Br. The summed E-state index contributed by atoms with van der Waals surface area (Å²) < 4.78 is 2.42. The van der Waals surface area contributed by atoms with Gasteiger partial charge in [0.05, 0.1) is 16.4 Å². The number of hydrogen-bond donors (Lipinski definition) is 1. The average molecular weight is 282 g/mol. The fraction of sp³-hybridized carbons (Fsp3) is 0.300. The predicted octanol–water partition coefficient (Wildman–Crippen LogP) is 2.13. The summed E-state index contributed by atoms with van der Waals surface area (Å²) in [4.78, 5) is 8.15. The summed E-state index contributed by atoms with van der Waals surface area (Å²) in [6, 6.07) is 0. The third-order valence-corrected chi connectivity index (χ3v) is 3.01. The summed E-state index contributed by atoms with van der Waals surface area (Å²) in [5.41, 5.74) is 6.88. The predicted molar refractivity (Wildman–Crippen MR) is 65.4 cm³/mol. The van der Waals surface area contributed by atoms with Crippen LogP contribution in [0.2, 0.25) is 0 Å². The molecule has 2 aromatic rings. The van der Waals surface area contributed by atoms with Crippen LogP contribution < -0.4 is 5.73 Å². The lowest BCUT2D eigenvalue weighted by molar-refractivity contribution is 0.757. The van der Waals surface area contributed by atoms with Crippen molar-refractivity contribution < 1.29 is 0 Å². The summed E-state index contributed by atoms with van der Waals surface area (Å²) in [6.45, 7) is 4.13. The molecular weight excluding hydrogens is 270 g/mol. The molecular formula is C10H12BrN5. The van der Waals surface area contributed by atoms with Crippen molar-refractivity contribution in [3.63, 3.8) is 0 Å². The molecule has 5 nitrogen and oxygen atoms in total. The monoisotopic (exact) mass is 281 g/mol. The number of anilines is 1. The molecule has 0 atom stereocenters. The molecule has 0 saturated carbocycles. The van der Waals surface area contributed by atoms with Crippen molar-refractivity contribution in [2.45, 2.75) is 19.8 Å². The highest BCUT2D eigenvalue weighted by molar-refractivity contribution is 9.10. The van der Waals surface area contributed by atoms with E-state index < -0.39 is 0 Å². The molecule has 0 aliphatic carbocycles. The lowest BCUT2D eigenvalue weighted by atomic mass is 10.1. The van der Waals surface area contributed by atoms with Crippen molar-refractivity contribution in [2.24, 2.45) is 0 Å². The van der Waals surface area contributed by atoms with Gasteiger partial charge in [-0.2, -0.15) is 9.78 Å². The van der Waals surface area contributed by atoms with Gasteiger partial charge in [-0.25, -0.2) is 4.98 Å². The van der Waals surface area contributed by atoms with Crippen LogP contribution in [-0.4, -0.2) is 19.7 Å². The smallest absolute Gasteiger partial charge is 0.174 e. The lowest BCUT2D eigenvalue weighted by Crippen LogP contribution is -2.04. The zero-order valence-electron chi connectivity index (χ0n) is 9.05. The minimum Gasteiger partial charge on any atom is -0.383 e. The summed E-state index contributed by atoms with van der Waals surface area (Å²) in [5.74, 6) is 1.46. The van der Waals surface area contributed by atoms with Crippen molar-refractivity contribution in [3.05, 3.63) is 28.8 Å². The molecule has 0 aromatic carbocycles. The first kappa shape index (κ1) is 11.1. The molecule has 2 N–H and O–H groups in total. The van der Waals surface area contributed by atoms with Crippen LogP contribution in [0.3, 0.4) is 0 Å². The molecule has 2 rings (SSSR count). The van der Waals surface area contributed by atoms with Gasteiger partial charge < -0.3 is 5.73 Å². The van der Waals surface area contributed by atoms with E-state index in [9.17, 15) is 0 Å². The van der Waals surface area contributed by atoms with E-state index in [-0.39, 0.29) is 0 Å². The van der Waals surface area contributed by atoms with Crippen molar-refractivity contribution in [2.75, 3.05) is 5.73 Å². The second-order valence-electron chi connectivity index (χ2n) is 3.71. The molecule has 0 unspecified atom stereocenters. The standard InChI is InChI=1S/C10H12BrN5/c1-6(2)9-8(11)10(12)16(15-9)7-5-13-3-4-14-7/h3-6H,12H2,1-2H3. The number of nitrogens with zero attached hydrogens (tertiary/aromatic N) is 4.